The van der Waals surface area contributed by atoms with Gasteiger partial charge in [-0.15, -0.1) is 0 Å². The van der Waals surface area contributed by atoms with Crippen molar-refractivity contribution in [1.29, 1.82) is 0 Å². The summed E-state index contributed by atoms with van der Waals surface area (Å²) >= 11 is 0. The second-order valence-electron chi connectivity index (χ2n) is 5.90. The zero-order chi connectivity index (χ0) is 17.1. The molecule has 122 valence electrons. The predicted molar refractivity (Wildman–Crippen MR) is 98.6 cm³/mol. The Morgan fingerprint density at radius 2 is 1.32 bits per heavy atom. The molecule has 4 rings (SSSR count). The molecule has 1 aromatic heterocycles. The second kappa shape index (κ2) is 6.73. The molecule has 0 bridgehead atoms. The maximum Gasteiger partial charge on any atom is 0.128 e. The summed E-state index contributed by atoms with van der Waals surface area (Å²) in [6.07, 6.45) is 0. The van der Waals surface area contributed by atoms with Gasteiger partial charge in [0.25, 0.3) is 0 Å². The van der Waals surface area contributed by atoms with Gasteiger partial charge in [0, 0.05) is 11.1 Å². The smallest absolute Gasteiger partial charge is 0.128 e. The molecule has 0 atom stereocenters. The zero-order valence-corrected chi connectivity index (χ0v) is 13.6. The lowest BCUT2D eigenvalue weighted by atomic mass is 10.1. The molecule has 0 saturated carbocycles. The van der Waals surface area contributed by atoms with E-state index in [0.29, 0.717) is 12.1 Å². The summed E-state index contributed by atoms with van der Waals surface area (Å²) in [5.74, 6) is -0.210. The first-order valence-electron chi connectivity index (χ1n) is 8.23. The van der Waals surface area contributed by atoms with Crippen LogP contribution in [0.3, 0.4) is 0 Å². The fourth-order valence-electron chi connectivity index (χ4n) is 2.92. The average Bonchev–Trinajstić information content (AvgIpc) is 3.09. The standard InChI is InChI=1S/C22H17FN2/c23-20-14-8-7-13-19(20)16-25-22(18-11-5-2-6-12-18)15-21(24-25)17-9-3-1-4-10-17/h1-15H,16H2. The van der Waals surface area contributed by atoms with Crippen LogP contribution >= 0.6 is 0 Å². The fraction of sp³-hybridized carbons (Fsp3) is 0.0455. The van der Waals surface area contributed by atoms with E-state index in [1.807, 2.05) is 71.4 Å². The van der Waals surface area contributed by atoms with E-state index in [1.54, 1.807) is 12.1 Å². The molecular formula is C22H17FN2. The molecule has 0 fully saturated rings. The first-order valence-corrected chi connectivity index (χ1v) is 8.23. The maximum atomic E-state index is 14.1. The van der Waals surface area contributed by atoms with Crippen LogP contribution in [-0.2, 0) is 6.54 Å². The summed E-state index contributed by atoms with van der Waals surface area (Å²) in [6.45, 7) is 0.393. The van der Waals surface area contributed by atoms with Gasteiger partial charge in [-0.1, -0.05) is 78.9 Å². The normalized spacial score (nSPS) is 10.8. The van der Waals surface area contributed by atoms with E-state index in [1.165, 1.54) is 6.07 Å². The highest BCUT2D eigenvalue weighted by Crippen LogP contribution is 2.27. The van der Waals surface area contributed by atoms with Crippen molar-refractivity contribution in [2.24, 2.45) is 0 Å². The lowest BCUT2D eigenvalue weighted by Crippen LogP contribution is -2.05. The van der Waals surface area contributed by atoms with Crippen LogP contribution in [-0.4, -0.2) is 9.78 Å². The van der Waals surface area contributed by atoms with E-state index in [2.05, 4.69) is 6.07 Å². The molecule has 0 radical (unpaired) electrons. The summed E-state index contributed by atoms with van der Waals surface area (Å²) in [5, 5.41) is 4.74. The molecule has 2 nitrogen and oxygen atoms in total. The van der Waals surface area contributed by atoms with Gasteiger partial charge in [0.15, 0.2) is 0 Å². The van der Waals surface area contributed by atoms with Crippen molar-refractivity contribution in [1.82, 2.24) is 9.78 Å². The number of nitrogens with zero attached hydrogens (tertiary/aromatic N) is 2. The minimum atomic E-state index is -0.210. The summed E-state index contributed by atoms with van der Waals surface area (Å²) in [5.41, 5.74) is 4.60. The molecule has 0 amide bonds. The van der Waals surface area contributed by atoms with E-state index in [4.69, 9.17) is 5.10 Å². The highest BCUT2D eigenvalue weighted by molar-refractivity contribution is 5.68. The summed E-state index contributed by atoms with van der Waals surface area (Å²) in [6, 6.07) is 29.0. The van der Waals surface area contributed by atoms with Crippen LogP contribution in [0.15, 0.2) is 91.0 Å². The Hall–Kier alpha value is -3.20. The third-order valence-electron chi connectivity index (χ3n) is 4.20. The Morgan fingerprint density at radius 3 is 2.00 bits per heavy atom. The summed E-state index contributed by atoms with van der Waals surface area (Å²) < 4.78 is 16.0. The zero-order valence-electron chi connectivity index (χ0n) is 13.6. The van der Waals surface area contributed by atoms with E-state index < -0.39 is 0 Å². The molecule has 0 saturated heterocycles. The predicted octanol–water partition coefficient (Wildman–Crippen LogP) is 5.40. The van der Waals surface area contributed by atoms with Gasteiger partial charge in [-0.2, -0.15) is 5.10 Å². The van der Waals surface area contributed by atoms with Crippen LogP contribution in [0.4, 0.5) is 4.39 Å². The number of hydrogen-bond donors (Lipinski definition) is 0. The molecule has 25 heavy (non-hydrogen) atoms. The van der Waals surface area contributed by atoms with Crippen molar-refractivity contribution in [3.63, 3.8) is 0 Å². The van der Waals surface area contributed by atoms with Crippen molar-refractivity contribution >= 4 is 0 Å². The second-order valence-corrected chi connectivity index (χ2v) is 5.90. The lowest BCUT2D eigenvalue weighted by Gasteiger charge is -2.08. The van der Waals surface area contributed by atoms with E-state index in [9.17, 15) is 4.39 Å². The minimum Gasteiger partial charge on any atom is -0.260 e. The Balaban J connectivity index is 1.81. The Morgan fingerprint density at radius 1 is 0.720 bits per heavy atom. The van der Waals surface area contributed by atoms with Crippen molar-refractivity contribution in [3.05, 3.63) is 102 Å². The largest absolute Gasteiger partial charge is 0.260 e. The van der Waals surface area contributed by atoms with Gasteiger partial charge in [-0.05, 0) is 17.7 Å². The monoisotopic (exact) mass is 328 g/mol. The highest BCUT2D eigenvalue weighted by atomic mass is 19.1. The van der Waals surface area contributed by atoms with Crippen molar-refractivity contribution in [2.45, 2.75) is 6.54 Å². The number of halogens is 1. The Bertz CT molecular complexity index is 975. The topological polar surface area (TPSA) is 17.8 Å². The molecule has 3 heteroatoms. The van der Waals surface area contributed by atoms with Gasteiger partial charge in [-0.3, -0.25) is 4.68 Å². The van der Waals surface area contributed by atoms with Crippen molar-refractivity contribution < 1.29 is 4.39 Å². The van der Waals surface area contributed by atoms with Gasteiger partial charge < -0.3 is 0 Å². The van der Waals surface area contributed by atoms with Gasteiger partial charge in [0.1, 0.15) is 5.82 Å². The number of benzene rings is 3. The average molecular weight is 328 g/mol. The Labute approximate surface area is 146 Å². The molecule has 0 spiro atoms. The first-order chi connectivity index (χ1) is 12.3. The molecule has 0 unspecified atom stereocenters. The highest BCUT2D eigenvalue weighted by Gasteiger charge is 2.13. The summed E-state index contributed by atoms with van der Waals surface area (Å²) in [7, 11) is 0. The first kappa shape index (κ1) is 15.3. The Kier molecular flexibility index (Phi) is 4.13. The molecule has 3 aromatic carbocycles. The van der Waals surface area contributed by atoms with Gasteiger partial charge in [0.05, 0.1) is 17.9 Å². The molecular weight excluding hydrogens is 311 g/mol. The number of rotatable bonds is 4. The molecule has 4 aromatic rings. The van der Waals surface area contributed by atoms with Crippen LogP contribution in [0.25, 0.3) is 22.5 Å². The van der Waals surface area contributed by atoms with Crippen LogP contribution in [0.2, 0.25) is 0 Å². The minimum absolute atomic E-state index is 0.210. The fourth-order valence-corrected chi connectivity index (χ4v) is 2.92. The van der Waals surface area contributed by atoms with Crippen molar-refractivity contribution in [3.8, 4) is 22.5 Å². The maximum absolute atomic E-state index is 14.1. The van der Waals surface area contributed by atoms with E-state index in [-0.39, 0.29) is 5.82 Å². The summed E-state index contributed by atoms with van der Waals surface area (Å²) in [4.78, 5) is 0. The van der Waals surface area contributed by atoms with Gasteiger partial charge in [-0.25, -0.2) is 4.39 Å². The van der Waals surface area contributed by atoms with E-state index in [0.717, 1.165) is 22.5 Å². The van der Waals surface area contributed by atoms with Crippen molar-refractivity contribution in [2.75, 3.05) is 0 Å². The number of hydrogen-bond acceptors (Lipinski definition) is 1. The van der Waals surface area contributed by atoms with Gasteiger partial charge >= 0.3 is 0 Å². The molecule has 0 aliphatic carbocycles. The van der Waals surface area contributed by atoms with Crippen LogP contribution < -0.4 is 0 Å². The van der Waals surface area contributed by atoms with E-state index >= 15 is 0 Å². The molecule has 1 heterocycles. The number of aromatic nitrogens is 2. The van der Waals surface area contributed by atoms with Crippen LogP contribution in [0.1, 0.15) is 5.56 Å². The molecule has 0 aliphatic rings. The quantitative estimate of drug-likeness (QED) is 0.490. The van der Waals surface area contributed by atoms with Crippen LogP contribution in [0.5, 0.6) is 0 Å². The van der Waals surface area contributed by atoms with Crippen LogP contribution in [0, 0.1) is 5.82 Å². The lowest BCUT2D eigenvalue weighted by molar-refractivity contribution is 0.587. The SMILES string of the molecule is Fc1ccccc1Cn1nc(-c2ccccc2)cc1-c1ccccc1. The molecule has 0 aliphatic heterocycles. The third-order valence-corrected chi connectivity index (χ3v) is 4.20. The third kappa shape index (κ3) is 3.22. The molecule has 0 N–H and O–H groups in total. The van der Waals surface area contributed by atoms with Gasteiger partial charge in [0.2, 0.25) is 0 Å².